The summed E-state index contributed by atoms with van der Waals surface area (Å²) in [7, 11) is 1.93. The fraction of sp³-hybridized carbons (Fsp3) is 0.929. The fourth-order valence-electron chi connectivity index (χ4n) is 3.47. The third-order valence-corrected chi connectivity index (χ3v) is 4.50. The van der Waals surface area contributed by atoms with Crippen molar-refractivity contribution in [3.05, 3.63) is 0 Å². The molecule has 0 aliphatic carbocycles. The van der Waals surface area contributed by atoms with Crippen molar-refractivity contribution in [1.29, 1.82) is 0 Å². The molecule has 1 N–H and O–H groups in total. The number of likely N-dealkylation sites (N-methyl/N-ethyl adjacent to an activating group) is 2. The van der Waals surface area contributed by atoms with E-state index < -0.39 is 0 Å². The molecule has 0 aromatic rings. The van der Waals surface area contributed by atoms with Gasteiger partial charge in [-0.05, 0) is 39.3 Å². The summed E-state index contributed by atoms with van der Waals surface area (Å²) in [6.07, 6.45) is 4.77. The van der Waals surface area contributed by atoms with Crippen LogP contribution in [0.15, 0.2) is 0 Å². The van der Waals surface area contributed by atoms with Crippen LogP contribution in [-0.2, 0) is 4.79 Å². The first-order valence-corrected chi connectivity index (χ1v) is 7.39. The highest BCUT2D eigenvalue weighted by Gasteiger charge is 2.39. The van der Waals surface area contributed by atoms with Gasteiger partial charge in [0.25, 0.3) is 0 Å². The first kappa shape index (κ1) is 13.8. The summed E-state index contributed by atoms with van der Waals surface area (Å²) in [4.78, 5) is 16.6. The van der Waals surface area contributed by atoms with Gasteiger partial charge in [0.05, 0.1) is 6.04 Å². The van der Waals surface area contributed by atoms with Gasteiger partial charge in [0.2, 0.25) is 5.91 Å². The number of carbonyl (C=O) groups is 1. The standard InChI is InChI=1S/C14H27N3O/c1-4-15-11(2)12-7-5-6-9-17(12)13-8-10-16(3)14(13)18/h11-13,15H,4-10H2,1-3H3. The quantitative estimate of drug-likeness (QED) is 0.814. The Labute approximate surface area is 111 Å². The molecule has 2 saturated heterocycles. The van der Waals surface area contributed by atoms with Gasteiger partial charge in [0.1, 0.15) is 0 Å². The second-order valence-electron chi connectivity index (χ2n) is 5.71. The molecule has 0 bridgehead atoms. The van der Waals surface area contributed by atoms with Crippen LogP contribution in [0, 0.1) is 0 Å². The van der Waals surface area contributed by atoms with Crippen molar-refractivity contribution in [2.75, 3.05) is 26.7 Å². The van der Waals surface area contributed by atoms with Gasteiger partial charge in [-0.2, -0.15) is 0 Å². The minimum atomic E-state index is 0.140. The van der Waals surface area contributed by atoms with Crippen LogP contribution >= 0.6 is 0 Å². The largest absolute Gasteiger partial charge is 0.344 e. The zero-order chi connectivity index (χ0) is 13.1. The Morgan fingerprint density at radius 2 is 2.11 bits per heavy atom. The second-order valence-corrected chi connectivity index (χ2v) is 5.71. The van der Waals surface area contributed by atoms with E-state index in [1.165, 1.54) is 19.3 Å². The monoisotopic (exact) mass is 253 g/mol. The zero-order valence-corrected chi connectivity index (χ0v) is 12.0. The summed E-state index contributed by atoms with van der Waals surface area (Å²) in [5.41, 5.74) is 0. The van der Waals surface area contributed by atoms with Crippen LogP contribution in [0.25, 0.3) is 0 Å². The van der Waals surface area contributed by atoms with Crippen LogP contribution in [-0.4, -0.2) is 60.5 Å². The van der Waals surface area contributed by atoms with Gasteiger partial charge in [-0.25, -0.2) is 0 Å². The van der Waals surface area contributed by atoms with E-state index in [-0.39, 0.29) is 6.04 Å². The van der Waals surface area contributed by atoms with E-state index >= 15 is 0 Å². The van der Waals surface area contributed by atoms with E-state index in [1.807, 2.05) is 11.9 Å². The Morgan fingerprint density at radius 1 is 1.33 bits per heavy atom. The minimum absolute atomic E-state index is 0.140. The van der Waals surface area contributed by atoms with Gasteiger partial charge < -0.3 is 10.2 Å². The molecule has 18 heavy (non-hydrogen) atoms. The lowest BCUT2D eigenvalue weighted by molar-refractivity contribution is -0.132. The molecule has 4 nitrogen and oxygen atoms in total. The van der Waals surface area contributed by atoms with E-state index in [9.17, 15) is 4.79 Å². The van der Waals surface area contributed by atoms with E-state index in [0.717, 1.165) is 26.1 Å². The number of hydrogen-bond donors (Lipinski definition) is 1. The molecule has 2 rings (SSSR count). The highest BCUT2D eigenvalue weighted by molar-refractivity contribution is 5.83. The Balaban J connectivity index is 2.05. The fourth-order valence-corrected chi connectivity index (χ4v) is 3.47. The van der Waals surface area contributed by atoms with Crippen LogP contribution in [0.5, 0.6) is 0 Å². The molecule has 0 radical (unpaired) electrons. The Hall–Kier alpha value is -0.610. The maximum atomic E-state index is 12.2. The number of nitrogens with zero attached hydrogens (tertiary/aromatic N) is 2. The summed E-state index contributed by atoms with van der Waals surface area (Å²) < 4.78 is 0. The summed E-state index contributed by atoms with van der Waals surface area (Å²) in [6, 6.07) is 1.15. The first-order valence-electron chi connectivity index (χ1n) is 7.39. The molecule has 2 aliphatic heterocycles. The Morgan fingerprint density at radius 3 is 2.72 bits per heavy atom. The molecule has 0 aromatic heterocycles. The number of carbonyl (C=O) groups excluding carboxylic acids is 1. The van der Waals surface area contributed by atoms with Gasteiger partial charge in [-0.1, -0.05) is 13.3 Å². The van der Waals surface area contributed by atoms with Gasteiger partial charge >= 0.3 is 0 Å². The van der Waals surface area contributed by atoms with E-state index in [4.69, 9.17) is 0 Å². The van der Waals surface area contributed by atoms with Crippen molar-refractivity contribution in [3.8, 4) is 0 Å². The molecule has 0 saturated carbocycles. The van der Waals surface area contributed by atoms with E-state index in [0.29, 0.717) is 18.0 Å². The second kappa shape index (κ2) is 6.02. The predicted octanol–water partition coefficient (Wildman–Crippen LogP) is 1.07. The molecule has 3 atom stereocenters. The molecule has 2 aliphatic rings. The van der Waals surface area contributed by atoms with Crippen molar-refractivity contribution in [1.82, 2.24) is 15.1 Å². The van der Waals surface area contributed by atoms with E-state index in [1.54, 1.807) is 0 Å². The van der Waals surface area contributed by atoms with Crippen LogP contribution < -0.4 is 5.32 Å². The number of likely N-dealkylation sites (tertiary alicyclic amines) is 2. The molecule has 0 spiro atoms. The van der Waals surface area contributed by atoms with Gasteiger partial charge in [-0.15, -0.1) is 0 Å². The number of nitrogens with one attached hydrogen (secondary N) is 1. The predicted molar refractivity (Wildman–Crippen MR) is 73.5 cm³/mol. The SMILES string of the molecule is CCNC(C)C1CCCCN1C1CCN(C)C1=O. The number of hydrogen-bond acceptors (Lipinski definition) is 3. The molecule has 104 valence electrons. The zero-order valence-electron chi connectivity index (χ0n) is 12.0. The van der Waals surface area contributed by atoms with Crippen molar-refractivity contribution in [2.45, 2.75) is 57.7 Å². The minimum Gasteiger partial charge on any atom is -0.344 e. The normalized spacial score (nSPS) is 31.9. The topological polar surface area (TPSA) is 35.6 Å². The molecular formula is C14H27N3O. The lowest BCUT2D eigenvalue weighted by Crippen LogP contribution is -2.56. The molecule has 2 heterocycles. The Kier molecular flexibility index (Phi) is 4.62. The third kappa shape index (κ3) is 2.69. The van der Waals surface area contributed by atoms with Crippen molar-refractivity contribution < 1.29 is 4.79 Å². The maximum absolute atomic E-state index is 12.2. The highest BCUT2D eigenvalue weighted by atomic mass is 16.2. The van der Waals surface area contributed by atoms with Crippen LogP contribution in [0.2, 0.25) is 0 Å². The summed E-state index contributed by atoms with van der Waals surface area (Å²) in [5.74, 6) is 0.325. The Bertz CT molecular complexity index is 295. The van der Waals surface area contributed by atoms with Gasteiger partial charge in [0.15, 0.2) is 0 Å². The smallest absolute Gasteiger partial charge is 0.239 e. The lowest BCUT2D eigenvalue weighted by atomic mass is 9.94. The van der Waals surface area contributed by atoms with Gasteiger partial charge in [0, 0.05) is 25.7 Å². The average molecular weight is 253 g/mol. The molecule has 1 amide bonds. The molecule has 3 unspecified atom stereocenters. The number of amides is 1. The maximum Gasteiger partial charge on any atom is 0.239 e. The summed E-state index contributed by atoms with van der Waals surface area (Å²) >= 11 is 0. The summed E-state index contributed by atoms with van der Waals surface area (Å²) in [6.45, 7) is 7.42. The van der Waals surface area contributed by atoms with Gasteiger partial charge in [-0.3, -0.25) is 9.69 Å². The first-order chi connectivity index (χ1) is 8.65. The summed E-state index contributed by atoms with van der Waals surface area (Å²) in [5, 5.41) is 3.53. The van der Waals surface area contributed by atoms with Crippen molar-refractivity contribution in [2.24, 2.45) is 0 Å². The molecule has 2 fully saturated rings. The third-order valence-electron chi connectivity index (χ3n) is 4.50. The lowest BCUT2D eigenvalue weighted by Gasteiger charge is -2.42. The van der Waals surface area contributed by atoms with Crippen molar-refractivity contribution in [3.63, 3.8) is 0 Å². The molecular weight excluding hydrogens is 226 g/mol. The number of piperidine rings is 1. The van der Waals surface area contributed by atoms with E-state index in [2.05, 4.69) is 24.1 Å². The van der Waals surface area contributed by atoms with Crippen LogP contribution in [0.3, 0.4) is 0 Å². The average Bonchev–Trinajstić information content (AvgIpc) is 2.70. The molecule has 4 heteroatoms. The van der Waals surface area contributed by atoms with Crippen LogP contribution in [0.4, 0.5) is 0 Å². The highest BCUT2D eigenvalue weighted by Crippen LogP contribution is 2.26. The number of rotatable bonds is 4. The van der Waals surface area contributed by atoms with Crippen LogP contribution in [0.1, 0.15) is 39.5 Å². The van der Waals surface area contributed by atoms with Crippen molar-refractivity contribution >= 4 is 5.91 Å². The molecule has 0 aromatic carbocycles.